The molecule has 0 aliphatic carbocycles. The van der Waals surface area contributed by atoms with Crippen LogP contribution in [0.3, 0.4) is 0 Å². The van der Waals surface area contributed by atoms with Crippen molar-refractivity contribution in [3.05, 3.63) is 36.5 Å². The normalized spacial score (nSPS) is 21.2. The van der Waals surface area contributed by atoms with Crippen LogP contribution in [0.2, 0.25) is 0 Å². The summed E-state index contributed by atoms with van der Waals surface area (Å²) in [6.07, 6.45) is 4.99. The standard InChI is InChI=1S/C13H15NO/c1-2-6-13-11(4-1)7-8-14(13)10-12-5-3-9-15-12/h1-2,4,6-8,12H,3,5,9-10H2/t12-/m1/s1. The Morgan fingerprint density at radius 2 is 2.20 bits per heavy atom. The number of benzene rings is 1. The second kappa shape index (κ2) is 3.70. The summed E-state index contributed by atoms with van der Waals surface area (Å²) in [7, 11) is 0. The maximum atomic E-state index is 5.65. The molecule has 15 heavy (non-hydrogen) atoms. The quantitative estimate of drug-likeness (QED) is 0.728. The SMILES string of the molecule is c1ccc2c(c1)ccn2C[C@H]1CCCO1. The molecule has 1 aromatic heterocycles. The molecule has 0 N–H and O–H groups in total. The Balaban J connectivity index is 1.90. The van der Waals surface area contributed by atoms with E-state index < -0.39 is 0 Å². The molecule has 0 bridgehead atoms. The van der Waals surface area contributed by atoms with E-state index in [9.17, 15) is 0 Å². The number of hydrogen-bond acceptors (Lipinski definition) is 1. The zero-order valence-electron chi connectivity index (χ0n) is 8.73. The number of nitrogens with zero attached hydrogens (tertiary/aromatic N) is 1. The molecule has 2 heteroatoms. The minimum absolute atomic E-state index is 0.417. The number of aromatic nitrogens is 1. The molecule has 2 aromatic rings. The molecule has 0 unspecified atom stereocenters. The van der Waals surface area contributed by atoms with E-state index in [0.29, 0.717) is 6.10 Å². The predicted molar refractivity (Wildman–Crippen MR) is 60.9 cm³/mol. The largest absolute Gasteiger partial charge is 0.376 e. The highest BCUT2D eigenvalue weighted by molar-refractivity contribution is 5.79. The van der Waals surface area contributed by atoms with E-state index in [1.54, 1.807) is 0 Å². The van der Waals surface area contributed by atoms with Crippen LogP contribution in [0.15, 0.2) is 36.5 Å². The van der Waals surface area contributed by atoms with Crippen LogP contribution in [-0.2, 0) is 11.3 Å². The van der Waals surface area contributed by atoms with E-state index in [1.807, 2.05) is 0 Å². The molecular formula is C13H15NO. The molecular weight excluding hydrogens is 186 g/mol. The van der Waals surface area contributed by atoms with E-state index in [2.05, 4.69) is 41.1 Å². The van der Waals surface area contributed by atoms with Crippen LogP contribution in [0, 0.1) is 0 Å². The van der Waals surface area contributed by atoms with Crippen molar-refractivity contribution in [1.82, 2.24) is 4.57 Å². The fraction of sp³-hybridized carbons (Fsp3) is 0.385. The van der Waals surface area contributed by atoms with E-state index in [-0.39, 0.29) is 0 Å². The molecule has 1 atom stereocenters. The summed E-state index contributed by atoms with van der Waals surface area (Å²) in [5.41, 5.74) is 1.31. The fourth-order valence-corrected chi connectivity index (χ4v) is 2.31. The average molecular weight is 201 g/mol. The first kappa shape index (κ1) is 8.98. The van der Waals surface area contributed by atoms with Gasteiger partial charge in [-0.2, -0.15) is 0 Å². The van der Waals surface area contributed by atoms with Crippen LogP contribution in [0.5, 0.6) is 0 Å². The Kier molecular flexibility index (Phi) is 2.22. The zero-order chi connectivity index (χ0) is 10.1. The lowest BCUT2D eigenvalue weighted by Gasteiger charge is -2.11. The summed E-state index contributed by atoms with van der Waals surface area (Å²) in [4.78, 5) is 0. The maximum Gasteiger partial charge on any atom is 0.0754 e. The van der Waals surface area contributed by atoms with Gasteiger partial charge in [-0.05, 0) is 30.4 Å². The molecule has 1 aliphatic rings. The van der Waals surface area contributed by atoms with Gasteiger partial charge in [-0.15, -0.1) is 0 Å². The lowest BCUT2D eigenvalue weighted by Crippen LogP contribution is -2.13. The second-order valence-electron chi connectivity index (χ2n) is 4.16. The molecule has 1 aromatic carbocycles. The number of hydrogen-bond donors (Lipinski definition) is 0. The van der Waals surface area contributed by atoms with Crippen molar-refractivity contribution < 1.29 is 4.74 Å². The third-order valence-corrected chi connectivity index (χ3v) is 3.10. The summed E-state index contributed by atoms with van der Waals surface area (Å²) < 4.78 is 7.95. The molecule has 1 saturated heterocycles. The van der Waals surface area contributed by atoms with Gasteiger partial charge in [-0.25, -0.2) is 0 Å². The van der Waals surface area contributed by atoms with Crippen molar-refractivity contribution in [3.63, 3.8) is 0 Å². The number of para-hydroxylation sites is 1. The first-order chi connectivity index (χ1) is 7.43. The van der Waals surface area contributed by atoms with Gasteiger partial charge in [0.05, 0.1) is 6.10 Å². The van der Waals surface area contributed by atoms with E-state index in [1.165, 1.54) is 23.7 Å². The number of fused-ring (bicyclic) bond motifs is 1. The summed E-state index contributed by atoms with van der Waals surface area (Å²) in [5.74, 6) is 0. The first-order valence-corrected chi connectivity index (χ1v) is 5.59. The van der Waals surface area contributed by atoms with Gasteiger partial charge in [-0.3, -0.25) is 0 Å². The number of ether oxygens (including phenoxy) is 1. The maximum absolute atomic E-state index is 5.65. The van der Waals surface area contributed by atoms with Crippen LogP contribution in [-0.4, -0.2) is 17.3 Å². The van der Waals surface area contributed by atoms with Crippen LogP contribution >= 0.6 is 0 Å². The monoisotopic (exact) mass is 201 g/mol. The lowest BCUT2D eigenvalue weighted by atomic mass is 10.2. The highest BCUT2D eigenvalue weighted by Gasteiger charge is 2.16. The Morgan fingerprint density at radius 1 is 1.27 bits per heavy atom. The second-order valence-corrected chi connectivity index (χ2v) is 4.16. The van der Waals surface area contributed by atoms with Gasteiger partial charge < -0.3 is 9.30 Å². The van der Waals surface area contributed by atoms with Gasteiger partial charge in [-0.1, -0.05) is 18.2 Å². The van der Waals surface area contributed by atoms with Crippen LogP contribution in [0.4, 0.5) is 0 Å². The molecule has 2 heterocycles. The molecule has 0 saturated carbocycles. The highest BCUT2D eigenvalue weighted by Crippen LogP contribution is 2.19. The first-order valence-electron chi connectivity index (χ1n) is 5.59. The Morgan fingerprint density at radius 3 is 3.07 bits per heavy atom. The Hall–Kier alpha value is -1.28. The van der Waals surface area contributed by atoms with Crippen molar-refractivity contribution >= 4 is 10.9 Å². The summed E-state index contributed by atoms with van der Waals surface area (Å²) in [6.45, 7) is 1.93. The molecule has 0 spiro atoms. The van der Waals surface area contributed by atoms with Crippen LogP contribution in [0.25, 0.3) is 10.9 Å². The van der Waals surface area contributed by atoms with E-state index in [4.69, 9.17) is 4.74 Å². The smallest absolute Gasteiger partial charge is 0.0754 e. The highest BCUT2D eigenvalue weighted by atomic mass is 16.5. The Bertz CT molecular complexity index is 454. The van der Waals surface area contributed by atoms with Gasteiger partial charge >= 0.3 is 0 Å². The van der Waals surface area contributed by atoms with Crippen molar-refractivity contribution in [2.45, 2.75) is 25.5 Å². The van der Waals surface area contributed by atoms with Crippen LogP contribution < -0.4 is 0 Å². The third-order valence-electron chi connectivity index (χ3n) is 3.10. The van der Waals surface area contributed by atoms with Crippen molar-refractivity contribution in [1.29, 1.82) is 0 Å². The topological polar surface area (TPSA) is 14.2 Å². The fourth-order valence-electron chi connectivity index (χ4n) is 2.31. The molecule has 1 fully saturated rings. The summed E-state index contributed by atoms with van der Waals surface area (Å²) >= 11 is 0. The molecule has 0 amide bonds. The van der Waals surface area contributed by atoms with E-state index in [0.717, 1.165) is 13.2 Å². The number of rotatable bonds is 2. The summed E-state index contributed by atoms with van der Waals surface area (Å²) in [6, 6.07) is 10.7. The van der Waals surface area contributed by atoms with Crippen LogP contribution in [0.1, 0.15) is 12.8 Å². The summed E-state index contributed by atoms with van der Waals surface area (Å²) in [5, 5.41) is 1.32. The van der Waals surface area contributed by atoms with Gasteiger partial charge in [0, 0.05) is 24.9 Å². The van der Waals surface area contributed by atoms with Gasteiger partial charge in [0.25, 0.3) is 0 Å². The third kappa shape index (κ3) is 1.65. The molecule has 3 rings (SSSR count). The molecule has 1 aliphatic heterocycles. The van der Waals surface area contributed by atoms with Gasteiger partial charge in [0.2, 0.25) is 0 Å². The zero-order valence-corrected chi connectivity index (χ0v) is 8.73. The molecule has 2 nitrogen and oxygen atoms in total. The van der Waals surface area contributed by atoms with Gasteiger partial charge in [0.15, 0.2) is 0 Å². The van der Waals surface area contributed by atoms with Crippen molar-refractivity contribution in [2.24, 2.45) is 0 Å². The predicted octanol–water partition coefficient (Wildman–Crippen LogP) is 2.82. The molecule has 0 radical (unpaired) electrons. The van der Waals surface area contributed by atoms with E-state index >= 15 is 0 Å². The van der Waals surface area contributed by atoms with Gasteiger partial charge in [0.1, 0.15) is 0 Å². The molecule has 78 valence electrons. The van der Waals surface area contributed by atoms with Crippen molar-refractivity contribution in [3.8, 4) is 0 Å². The van der Waals surface area contributed by atoms with Crippen molar-refractivity contribution in [2.75, 3.05) is 6.61 Å². The average Bonchev–Trinajstić information content (AvgIpc) is 2.89. The minimum atomic E-state index is 0.417. The lowest BCUT2D eigenvalue weighted by molar-refractivity contribution is 0.0980. The Labute approximate surface area is 89.5 Å². The minimum Gasteiger partial charge on any atom is -0.376 e.